The van der Waals surface area contributed by atoms with Crippen molar-refractivity contribution < 1.29 is 14.3 Å². The summed E-state index contributed by atoms with van der Waals surface area (Å²) in [4.78, 5) is 25.1. The first kappa shape index (κ1) is 25.4. The number of ketones is 2. The summed E-state index contributed by atoms with van der Waals surface area (Å²) < 4.78 is 6.02. The molecule has 9 nitrogen and oxygen atoms in total. The number of rotatable bonds is 1. The maximum absolute atomic E-state index is 11.2. The second-order valence-electron chi connectivity index (χ2n) is 6.96. The van der Waals surface area contributed by atoms with Crippen LogP contribution in [0.1, 0.15) is 39.6 Å². The third-order valence-corrected chi connectivity index (χ3v) is 4.93. The first-order valence-electron chi connectivity index (χ1n) is 10.2. The van der Waals surface area contributed by atoms with Crippen LogP contribution < -0.4 is 4.74 Å². The van der Waals surface area contributed by atoms with Crippen LogP contribution >= 0.6 is 0 Å². The molecule has 34 heavy (non-hydrogen) atoms. The van der Waals surface area contributed by atoms with Crippen LogP contribution in [0.4, 0.5) is 0 Å². The molecule has 3 aromatic rings. The number of ether oxygens (including phenoxy) is 1. The molecule has 1 heterocycles. The van der Waals surface area contributed by atoms with E-state index in [4.69, 9.17) is 26.9 Å². The van der Waals surface area contributed by atoms with Crippen LogP contribution in [0.2, 0.25) is 0 Å². The lowest BCUT2D eigenvalue weighted by Gasteiger charge is -2.26. The predicted octanol–water partition coefficient (Wildman–Crippen LogP) is 6.95. The molecule has 0 fully saturated rings. The molecule has 2 aliphatic rings. The fourth-order valence-corrected chi connectivity index (χ4v) is 3.45. The van der Waals surface area contributed by atoms with E-state index in [9.17, 15) is 9.59 Å². The van der Waals surface area contributed by atoms with Gasteiger partial charge in [-0.1, -0.05) is 78.9 Å². The number of Topliss-reactive ketones (excluding diaryl/α,β-unsaturated/α-hetero) is 1. The molecule has 1 aliphatic heterocycles. The summed E-state index contributed by atoms with van der Waals surface area (Å²) in [5.41, 5.74) is 30.9. The highest BCUT2D eigenvalue weighted by Gasteiger charge is 2.20. The van der Waals surface area contributed by atoms with Gasteiger partial charge in [0.25, 0.3) is 0 Å². The lowest BCUT2D eigenvalue weighted by Crippen LogP contribution is -2.15. The van der Waals surface area contributed by atoms with Gasteiger partial charge in [0.15, 0.2) is 0 Å². The Morgan fingerprint density at radius 3 is 2.03 bits per heavy atom. The quantitative estimate of drug-likeness (QED) is 0.169. The Labute approximate surface area is 196 Å². The molecular formula is C25H20N6O3-2. The smallest absolute Gasteiger partial charge is 0.233 e. The zero-order valence-corrected chi connectivity index (χ0v) is 18.1. The molecule has 170 valence electrons. The number of hydrogen-bond donors (Lipinski definition) is 0. The zero-order chi connectivity index (χ0) is 24.8. The topological polar surface area (TPSA) is 161 Å². The largest absolute Gasteiger partial charge is 0.485 e. The van der Waals surface area contributed by atoms with E-state index in [2.05, 4.69) is 42.5 Å². The number of allylic oxidation sites excluding steroid dienone is 1. The first-order chi connectivity index (χ1) is 16.5. The lowest BCUT2D eigenvalue weighted by atomic mass is 9.96. The SMILES string of the molecule is O=C1C=Cc2ccccc2C1=O.[N-]=[N+]=[N-].[N-]=[N+]=[N-].c1ccc(C2CCc3ccccc3O2)cc1. The van der Waals surface area contributed by atoms with E-state index in [1.807, 2.05) is 24.3 Å². The van der Waals surface area contributed by atoms with Crippen molar-refractivity contribution in [1.29, 1.82) is 0 Å². The number of carbonyl (C=O) groups is 2. The Morgan fingerprint density at radius 2 is 1.32 bits per heavy atom. The maximum Gasteiger partial charge on any atom is 0.233 e. The van der Waals surface area contributed by atoms with Crippen molar-refractivity contribution in [3.63, 3.8) is 0 Å². The maximum atomic E-state index is 11.2. The molecule has 0 saturated heterocycles. The summed E-state index contributed by atoms with van der Waals surface area (Å²) in [7, 11) is 0. The molecule has 0 bridgehead atoms. The summed E-state index contributed by atoms with van der Waals surface area (Å²) in [6.07, 6.45) is 5.37. The third kappa shape index (κ3) is 7.10. The van der Waals surface area contributed by atoms with Crippen molar-refractivity contribution in [3.05, 3.63) is 139 Å². The van der Waals surface area contributed by atoms with Gasteiger partial charge in [0.05, 0.1) is 0 Å². The number of carbonyl (C=O) groups excluding carboxylic acids is 2. The van der Waals surface area contributed by atoms with Gasteiger partial charge in [-0.05, 0) is 41.7 Å². The second-order valence-corrected chi connectivity index (χ2v) is 6.96. The molecule has 1 aliphatic carbocycles. The number of benzene rings is 3. The molecule has 1 atom stereocenters. The average Bonchev–Trinajstić information content (AvgIpc) is 2.88. The molecule has 5 rings (SSSR count). The van der Waals surface area contributed by atoms with Crippen molar-refractivity contribution in [3.8, 4) is 5.75 Å². The van der Waals surface area contributed by atoms with Crippen molar-refractivity contribution in [2.24, 2.45) is 0 Å². The van der Waals surface area contributed by atoms with Crippen LogP contribution in [0.3, 0.4) is 0 Å². The van der Waals surface area contributed by atoms with Crippen molar-refractivity contribution in [2.45, 2.75) is 18.9 Å². The zero-order valence-electron chi connectivity index (χ0n) is 18.1. The van der Waals surface area contributed by atoms with Crippen molar-refractivity contribution in [2.75, 3.05) is 0 Å². The average molecular weight is 452 g/mol. The summed E-state index contributed by atoms with van der Waals surface area (Å²) in [6.45, 7) is 0. The summed E-state index contributed by atoms with van der Waals surface area (Å²) in [6, 6.07) is 25.8. The van der Waals surface area contributed by atoms with E-state index in [0.717, 1.165) is 24.2 Å². The Kier molecular flexibility index (Phi) is 10.1. The van der Waals surface area contributed by atoms with Gasteiger partial charge < -0.3 is 26.9 Å². The molecule has 0 spiro atoms. The monoisotopic (exact) mass is 452 g/mol. The number of aryl methyl sites for hydroxylation is 1. The number of hydrogen-bond acceptors (Lipinski definition) is 3. The number of nitrogens with zero attached hydrogens (tertiary/aromatic N) is 6. The van der Waals surface area contributed by atoms with Gasteiger partial charge in [-0.15, -0.1) is 0 Å². The van der Waals surface area contributed by atoms with Gasteiger partial charge in [-0.3, -0.25) is 19.4 Å². The van der Waals surface area contributed by atoms with E-state index in [0.29, 0.717) is 5.56 Å². The summed E-state index contributed by atoms with van der Waals surface area (Å²) in [5.74, 6) is 0.199. The molecular weight excluding hydrogens is 432 g/mol. The van der Waals surface area contributed by atoms with Crippen LogP contribution in [0.5, 0.6) is 5.75 Å². The van der Waals surface area contributed by atoms with E-state index >= 15 is 0 Å². The van der Waals surface area contributed by atoms with Crippen LogP contribution in [0.15, 0.2) is 84.9 Å². The fourth-order valence-electron chi connectivity index (χ4n) is 3.45. The number of fused-ring (bicyclic) bond motifs is 2. The predicted molar refractivity (Wildman–Crippen MR) is 130 cm³/mol. The molecule has 0 amide bonds. The molecule has 0 saturated carbocycles. The fraction of sp³-hybridized carbons (Fsp3) is 0.120. The van der Waals surface area contributed by atoms with E-state index in [-0.39, 0.29) is 6.10 Å². The van der Waals surface area contributed by atoms with E-state index in [1.165, 1.54) is 27.0 Å². The van der Waals surface area contributed by atoms with Crippen molar-refractivity contribution >= 4 is 17.6 Å². The van der Waals surface area contributed by atoms with E-state index in [1.54, 1.807) is 18.2 Å². The second kappa shape index (κ2) is 13.5. The molecule has 3 aromatic carbocycles. The summed E-state index contributed by atoms with van der Waals surface area (Å²) in [5, 5.41) is 0. The highest BCUT2D eigenvalue weighted by Crippen LogP contribution is 2.34. The Hall–Kier alpha value is -4.84. The van der Waals surface area contributed by atoms with E-state index < -0.39 is 11.6 Å². The normalized spacial score (nSPS) is 14.4. The molecule has 1 unspecified atom stereocenters. The van der Waals surface area contributed by atoms with Gasteiger partial charge >= 0.3 is 0 Å². The first-order valence-corrected chi connectivity index (χ1v) is 10.2. The van der Waals surface area contributed by atoms with Gasteiger partial charge in [-0.25, -0.2) is 0 Å². The highest BCUT2D eigenvalue weighted by atomic mass is 16.5. The highest BCUT2D eigenvalue weighted by molar-refractivity contribution is 6.49. The minimum atomic E-state index is -0.436. The Balaban J connectivity index is 0.000000201. The molecule has 0 N–H and O–H groups in total. The Bertz CT molecular complexity index is 1220. The minimum absolute atomic E-state index is 0.219. The van der Waals surface area contributed by atoms with Crippen LogP contribution in [0.25, 0.3) is 38.0 Å². The third-order valence-electron chi connectivity index (χ3n) is 4.93. The molecule has 9 heteroatoms. The van der Waals surface area contributed by atoms with Gasteiger partial charge in [0, 0.05) is 5.56 Å². The van der Waals surface area contributed by atoms with Gasteiger partial charge in [0.2, 0.25) is 11.6 Å². The van der Waals surface area contributed by atoms with Crippen LogP contribution in [-0.2, 0) is 11.2 Å². The molecule has 0 radical (unpaired) electrons. The van der Waals surface area contributed by atoms with Gasteiger partial charge in [0.1, 0.15) is 11.9 Å². The number of para-hydroxylation sites is 1. The Morgan fingerprint density at radius 1 is 0.735 bits per heavy atom. The minimum Gasteiger partial charge on any atom is -0.485 e. The summed E-state index contributed by atoms with van der Waals surface area (Å²) >= 11 is 0. The standard InChI is InChI=1S/C15H14O.C10H6O2.2N3/c1-2-6-12(7-3-1)15-11-10-13-8-4-5-9-14(13)16-15;11-9-6-5-7-3-1-2-4-8(7)10(9)12;2*1-3-2/h1-9,15H,10-11H2;1-6H;;/q;;2*-1. The van der Waals surface area contributed by atoms with Crippen molar-refractivity contribution in [1.82, 2.24) is 0 Å². The van der Waals surface area contributed by atoms with Crippen LogP contribution in [0, 0.1) is 0 Å². The lowest BCUT2D eigenvalue weighted by molar-refractivity contribution is -0.110. The van der Waals surface area contributed by atoms with Gasteiger partial charge in [-0.2, -0.15) is 0 Å². The molecule has 0 aromatic heterocycles. The van der Waals surface area contributed by atoms with Crippen LogP contribution in [-0.4, -0.2) is 11.6 Å².